The summed E-state index contributed by atoms with van der Waals surface area (Å²) in [4.78, 5) is 21.3. The number of aryl methyl sites for hydroxylation is 1. The summed E-state index contributed by atoms with van der Waals surface area (Å²) in [6.07, 6.45) is 6.24. The Balaban J connectivity index is 1.38. The molecule has 2 aromatic carbocycles. The Morgan fingerprint density at radius 1 is 1.00 bits per heavy atom. The third kappa shape index (κ3) is 6.83. The molecule has 0 aliphatic carbocycles. The van der Waals surface area contributed by atoms with Gasteiger partial charge in [0.1, 0.15) is 0 Å². The van der Waals surface area contributed by atoms with E-state index in [1.165, 1.54) is 35.1 Å². The molecular weight excluding hydrogens is 406 g/mol. The lowest BCUT2D eigenvalue weighted by Crippen LogP contribution is -2.38. The summed E-state index contributed by atoms with van der Waals surface area (Å²) in [5.41, 5.74) is 6.05. The van der Waals surface area contributed by atoms with Crippen LogP contribution in [0.2, 0.25) is 0 Å². The molecule has 172 valence electrons. The first-order valence-corrected chi connectivity index (χ1v) is 12.0. The van der Waals surface area contributed by atoms with Gasteiger partial charge in [-0.25, -0.2) is 0 Å². The fraction of sp³-hybridized carbons (Fsp3) is 0.379. The Hall–Kier alpha value is -2.82. The molecule has 0 spiro atoms. The highest BCUT2D eigenvalue weighted by Gasteiger charge is 2.22. The van der Waals surface area contributed by atoms with Gasteiger partial charge in [0.25, 0.3) is 0 Å². The minimum Gasteiger partial charge on any atom is -0.299 e. The standard InChI is InChI=1S/C29H35N3O/c1-23-7-3-4-10-29(23)22-31-15-12-25(13-16-31)19-32(21-27-9-6-14-30-18-27)20-26-8-5-11-28(17-26)24(2)33/h3-11,14,17-18,25H,12-13,15-16,19-22H2,1-2H3. The average Bonchev–Trinajstić information content (AvgIpc) is 2.82. The number of carbonyl (C=O) groups is 1. The number of rotatable bonds is 9. The number of hydrogen-bond donors (Lipinski definition) is 0. The van der Waals surface area contributed by atoms with Crippen LogP contribution in [0.5, 0.6) is 0 Å². The van der Waals surface area contributed by atoms with Crippen LogP contribution >= 0.6 is 0 Å². The number of nitrogens with zero attached hydrogens (tertiary/aromatic N) is 3. The number of Topliss-reactive ketones (excluding diaryl/α,β-unsaturated/α-hetero) is 1. The van der Waals surface area contributed by atoms with Crippen molar-refractivity contribution in [1.82, 2.24) is 14.8 Å². The summed E-state index contributed by atoms with van der Waals surface area (Å²) in [5.74, 6) is 0.808. The van der Waals surface area contributed by atoms with Gasteiger partial charge in [-0.05, 0) is 80.1 Å². The molecule has 0 N–H and O–H groups in total. The zero-order chi connectivity index (χ0) is 23.0. The molecule has 2 heterocycles. The van der Waals surface area contributed by atoms with Gasteiger partial charge < -0.3 is 0 Å². The molecule has 0 saturated carbocycles. The van der Waals surface area contributed by atoms with E-state index < -0.39 is 0 Å². The van der Waals surface area contributed by atoms with Crippen molar-refractivity contribution in [2.75, 3.05) is 19.6 Å². The van der Waals surface area contributed by atoms with Gasteiger partial charge >= 0.3 is 0 Å². The molecule has 0 amide bonds. The predicted molar refractivity (Wildman–Crippen MR) is 134 cm³/mol. The molecule has 3 aromatic rings. The lowest BCUT2D eigenvalue weighted by atomic mass is 9.95. The van der Waals surface area contributed by atoms with Crippen molar-refractivity contribution >= 4 is 5.78 Å². The minimum absolute atomic E-state index is 0.122. The summed E-state index contributed by atoms with van der Waals surface area (Å²) in [6, 6.07) is 21.0. The Kier molecular flexibility index (Phi) is 8.03. The highest BCUT2D eigenvalue weighted by atomic mass is 16.1. The molecule has 1 aromatic heterocycles. The Morgan fingerprint density at radius 2 is 1.76 bits per heavy atom. The first kappa shape index (κ1) is 23.3. The van der Waals surface area contributed by atoms with E-state index in [1.54, 1.807) is 6.92 Å². The molecule has 0 atom stereocenters. The number of likely N-dealkylation sites (tertiary alicyclic amines) is 1. The van der Waals surface area contributed by atoms with E-state index in [0.717, 1.165) is 44.8 Å². The van der Waals surface area contributed by atoms with E-state index in [1.807, 2.05) is 36.7 Å². The van der Waals surface area contributed by atoms with Crippen LogP contribution in [0.1, 0.15) is 52.4 Å². The minimum atomic E-state index is 0.122. The number of ketones is 1. The second-order valence-electron chi connectivity index (χ2n) is 9.43. The lowest BCUT2D eigenvalue weighted by molar-refractivity contribution is 0.101. The summed E-state index contributed by atoms with van der Waals surface area (Å²) in [7, 11) is 0. The van der Waals surface area contributed by atoms with Crippen LogP contribution in [0.15, 0.2) is 73.1 Å². The van der Waals surface area contributed by atoms with Crippen LogP contribution < -0.4 is 0 Å². The second-order valence-corrected chi connectivity index (χ2v) is 9.43. The van der Waals surface area contributed by atoms with Gasteiger partial charge in [0.2, 0.25) is 0 Å². The van der Waals surface area contributed by atoms with Crippen molar-refractivity contribution in [1.29, 1.82) is 0 Å². The lowest BCUT2D eigenvalue weighted by Gasteiger charge is -2.35. The van der Waals surface area contributed by atoms with E-state index in [4.69, 9.17) is 0 Å². The van der Waals surface area contributed by atoms with E-state index >= 15 is 0 Å². The predicted octanol–water partition coefficient (Wildman–Crippen LogP) is 5.51. The van der Waals surface area contributed by atoms with Crippen molar-refractivity contribution in [3.8, 4) is 0 Å². The number of pyridine rings is 1. The molecule has 4 nitrogen and oxygen atoms in total. The van der Waals surface area contributed by atoms with Crippen LogP contribution in [0.4, 0.5) is 0 Å². The monoisotopic (exact) mass is 441 g/mol. The largest absolute Gasteiger partial charge is 0.299 e. The van der Waals surface area contributed by atoms with E-state index in [-0.39, 0.29) is 5.78 Å². The maximum Gasteiger partial charge on any atom is 0.159 e. The van der Waals surface area contributed by atoms with E-state index in [2.05, 4.69) is 58.1 Å². The first-order valence-electron chi connectivity index (χ1n) is 12.0. The molecule has 0 unspecified atom stereocenters. The van der Waals surface area contributed by atoms with Gasteiger partial charge in [-0.15, -0.1) is 0 Å². The molecule has 1 saturated heterocycles. The number of piperidine rings is 1. The summed E-state index contributed by atoms with van der Waals surface area (Å²) in [5, 5.41) is 0. The third-order valence-electron chi connectivity index (χ3n) is 6.75. The third-order valence-corrected chi connectivity index (χ3v) is 6.75. The van der Waals surface area contributed by atoms with Gasteiger partial charge in [-0.2, -0.15) is 0 Å². The summed E-state index contributed by atoms with van der Waals surface area (Å²) >= 11 is 0. The molecule has 0 bridgehead atoms. The van der Waals surface area contributed by atoms with Gasteiger partial charge in [0, 0.05) is 44.1 Å². The molecular formula is C29H35N3O. The van der Waals surface area contributed by atoms with Crippen LogP contribution in [0, 0.1) is 12.8 Å². The van der Waals surface area contributed by atoms with Crippen LogP contribution in [0.3, 0.4) is 0 Å². The number of benzene rings is 2. The maximum absolute atomic E-state index is 11.8. The Bertz CT molecular complexity index is 1040. The first-order chi connectivity index (χ1) is 16.1. The Morgan fingerprint density at radius 3 is 2.48 bits per heavy atom. The van der Waals surface area contributed by atoms with Crippen LogP contribution in [-0.4, -0.2) is 40.2 Å². The van der Waals surface area contributed by atoms with Crippen LogP contribution in [-0.2, 0) is 19.6 Å². The number of carbonyl (C=O) groups excluding carboxylic acids is 1. The topological polar surface area (TPSA) is 36.4 Å². The molecule has 0 radical (unpaired) electrons. The van der Waals surface area contributed by atoms with E-state index in [0.29, 0.717) is 5.92 Å². The Labute approximate surface area is 198 Å². The van der Waals surface area contributed by atoms with Crippen molar-refractivity contribution in [2.45, 2.75) is 46.3 Å². The van der Waals surface area contributed by atoms with Crippen molar-refractivity contribution < 1.29 is 4.79 Å². The summed E-state index contributed by atoms with van der Waals surface area (Å²) < 4.78 is 0. The maximum atomic E-state index is 11.8. The fourth-order valence-corrected chi connectivity index (χ4v) is 4.80. The second kappa shape index (κ2) is 11.4. The molecule has 1 aliphatic rings. The number of aromatic nitrogens is 1. The SMILES string of the molecule is CC(=O)c1cccc(CN(Cc2cccnc2)CC2CCN(Cc3ccccc3C)CC2)c1. The van der Waals surface area contributed by atoms with Gasteiger partial charge in [0.15, 0.2) is 5.78 Å². The van der Waals surface area contributed by atoms with Crippen molar-refractivity contribution in [3.63, 3.8) is 0 Å². The molecule has 1 fully saturated rings. The van der Waals surface area contributed by atoms with Gasteiger partial charge in [-0.3, -0.25) is 19.6 Å². The van der Waals surface area contributed by atoms with Crippen LogP contribution in [0.25, 0.3) is 0 Å². The van der Waals surface area contributed by atoms with Crippen molar-refractivity contribution in [2.24, 2.45) is 5.92 Å². The zero-order valence-electron chi connectivity index (χ0n) is 19.9. The smallest absolute Gasteiger partial charge is 0.159 e. The van der Waals surface area contributed by atoms with Gasteiger partial charge in [-0.1, -0.05) is 48.5 Å². The normalized spacial score (nSPS) is 15.1. The summed E-state index contributed by atoms with van der Waals surface area (Å²) in [6.45, 7) is 9.99. The molecule has 33 heavy (non-hydrogen) atoms. The molecule has 4 rings (SSSR count). The zero-order valence-corrected chi connectivity index (χ0v) is 19.9. The highest BCUT2D eigenvalue weighted by molar-refractivity contribution is 5.94. The molecule has 1 aliphatic heterocycles. The van der Waals surface area contributed by atoms with E-state index in [9.17, 15) is 4.79 Å². The van der Waals surface area contributed by atoms with Crippen molar-refractivity contribution in [3.05, 3.63) is 101 Å². The molecule has 4 heteroatoms. The fourth-order valence-electron chi connectivity index (χ4n) is 4.80. The quantitative estimate of drug-likeness (QED) is 0.411. The average molecular weight is 442 g/mol. The highest BCUT2D eigenvalue weighted by Crippen LogP contribution is 2.23. The number of hydrogen-bond acceptors (Lipinski definition) is 4. The van der Waals surface area contributed by atoms with Gasteiger partial charge in [0.05, 0.1) is 0 Å².